The highest BCUT2D eigenvalue weighted by molar-refractivity contribution is 5.94. The number of nitro groups is 1. The van der Waals surface area contributed by atoms with E-state index in [0.717, 1.165) is 0 Å². The van der Waals surface area contributed by atoms with Crippen LogP contribution in [0.2, 0.25) is 0 Å². The number of nitrogens with one attached hydrogen (secondary N) is 2. The third-order valence-corrected chi connectivity index (χ3v) is 3.80. The number of benzene rings is 2. The van der Waals surface area contributed by atoms with Crippen molar-refractivity contribution >= 4 is 17.5 Å². The number of carbonyl (C=O) groups excluding carboxylic acids is 2. The molecule has 0 aliphatic rings. The van der Waals surface area contributed by atoms with E-state index in [2.05, 4.69) is 15.8 Å². The zero-order chi connectivity index (χ0) is 20.1. The van der Waals surface area contributed by atoms with Crippen molar-refractivity contribution in [3.8, 4) is 5.69 Å². The smallest absolute Gasteiger partial charge is 0.288 e. The summed E-state index contributed by atoms with van der Waals surface area (Å²) in [5, 5.41) is 10.6. The van der Waals surface area contributed by atoms with Gasteiger partial charge in [-0.25, -0.2) is 9.37 Å². The van der Waals surface area contributed by atoms with Gasteiger partial charge in [-0.1, -0.05) is 12.1 Å². The molecule has 0 fully saturated rings. The van der Waals surface area contributed by atoms with Gasteiger partial charge in [0.05, 0.1) is 23.9 Å². The van der Waals surface area contributed by atoms with Gasteiger partial charge in [0.25, 0.3) is 11.6 Å². The minimum Gasteiger partial charge on any atom is -0.295 e. The van der Waals surface area contributed by atoms with Crippen LogP contribution in [-0.2, 0) is 11.2 Å². The lowest BCUT2D eigenvalue weighted by molar-refractivity contribution is -0.384. The van der Waals surface area contributed by atoms with E-state index in [1.54, 1.807) is 0 Å². The average Bonchev–Trinajstić information content (AvgIpc) is 3.17. The molecule has 1 heterocycles. The first-order valence-electron chi connectivity index (χ1n) is 8.05. The minimum atomic E-state index is -0.612. The predicted molar refractivity (Wildman–Crippen MR) is 95.9 cm³/mol. The number of amides is 2. The van der Waals surface area contributed by atoms with Crippen molar-refractivity contribution in [1.82, 2.24) is 20.4 Å². The van der Waals surface area contributed by atoms with Crippen LogP contribution in [0.15, 0.2) is 61.1 Å². The van der Waals surface area contributed by atoms with Crippen LogP contribution < -0.4 is 10.9 Å². The summed E-state index contributed by atoms with van der Waals surface area (Å²) in [6.45, 7) is 0. The Balaban J connectivity index is 1.60. The Kier molecular flexibility index (Phi) is 5.40. The monoisotopic (exact) mass is 383 g/mol. The molecule has 28 heavy (non-hydrogen) atoms. The third-order valence-electron chi connectivity index (χ3n) is 3.80. The molecule has 10 heteroatoms. The quantitative estimate of drug-likeness (QED) is 0.515. The Morgan fingerprint density at radius 2 is 1.75 bits per heavy atom. The lowest BCUT2D eigenvalue weighted by Gasteiger charge is -2.10. The molecule has 0 aliphatic carbocycles. The maximum absolute atomic E-state index is 13.1. The molecule has 0 aliphatic heterocycles. The van der Waals surface area contributed by atoms with Crippen LogP contribution in [-0.4, -0.2) is 26.3 Å². The van der Waals surface area contributed by atoms with E-state index in [1.165, 1.54) is 65.6 Å². The van der Waals surface area contributed by atoms with E-state index in [4.69, 9.17) is 0 Å². The summed E-state index contributed by atoms with van der Waals surface area (Å²) >= 11 is 0. The van der Waals surface area contributed by atoms with Gasteiger partial charge in [-0.05, 0) is 29.8 Å². The molecule has 0 saturated heterocycles. The molecule has 2 aromatic carbocycles. The van der Waals surface area contributed by atoms with Crippen LogP contribution in [0.1, 0.15) is 16.1 Å². The first-order valence-corrected chi connectivity index (χ1v) is 8.05. The molecule has 0 radical (unpaired) electrons. The topological polar surface area (TPSA) is 119 Å². The molecule has 9 nitrogen and oxygen atoms in total. The van der Waals surface area contributed by atoms with E-state index in [9.17, 15) is 24.1 Å². The molecule has 1 aromatic heterocycles. The van der Waals surface area contributed by atoms with E-state index >= 15 is 0 Å². The number of hydrogen-bond donors (Lipinski definition) is 2. The molecular weight excluding hydrogens is 369 g/mol. The number of imidazole rings is 1. The highest BCUT2D eigenvalue weighted by Gasteiger charge is 2.14. The fourth-order valence-corrected chi connectivity index (χ4v) is 2.43. The standard InChI is InChI=1S/C18H14FN5O4/c19-13-3-7-14(8-4-13)23-11-20-10-16(23)18(26)22-21-17(25)9-12-1-5-15(6-2-12)24(27)28/h1-8,10-11H,9H2,(H,21,25)(H,22,26). The van der Waals surface area contributed by atoms with Crippen molar-refractivity contribution < 1.29 is 18.9 Å². The van der Waals surface area contributed by atoms with Crippen molar-refractivity contribution in [2.45, 2.75) is 6.42 Å². The van der Waals surface area contributed by atoms with Crippen molar-refractivity contribution in [3.05, 3.63) is 88.2 Å². The van der Waals surface area contributed by atoms with Crippen molar-refractivity contribution in [2.75, 3.05) is 0 Å². The van der Waals surface area contributed by atoms with Gasteiger partial charge in [-0.2, -0.15) is 0 Å². The Hall–Kier alpha value is -4.08. The Morgan fingerprint density at radius 1 is 1.07 bits per heavy atom. The SMILES string of the molecule is O=C(Cc1ccc([N+](=O)[O-])cc1)NNC(=O)c1cncn1-c1ccc(F)cc1. The second-order valence-corrected chi connectivity index (χ2v) is 5.73. The predicted octanol–water partition coefficient (Wildman–Crippen LogP) is 1.92. The number of nitro benzene ring substituents is 1. The number of nitrogens with zero attached hydrogens (tertiary/aromatic N) is 3. The molecule has 2 amide bonds. The number of halogens is 1. The summed E-state index contributed by atoms with van der Waals surface area (Å²) in [7, 11) is 0. The Morgan fingerprint density at radius 3 is 2.39 bits per heavy atom. The lowest BCUT2D eigenvalue weighted by atomic mass is 10.1. The second-order valence-electron chi connectivity index (χ2n) is 5.73. The van der Waals surface area contributed by atoms with Gasteiger partial charge in [-0.3, -0.25) is 35.1 Å². The first kappa shape index (κ1) is 18.7. The van der Waals surface area contributed by atoms with E-state index in [1.807, 2.05) is 0 Å². The summed E-state index contributed by atoms with van der Waals surface area (Å²) < 4.78 is 14.5. The highest BCUT2D eigenvalue weighted by Crippen LogP contribution is 2.13. The molecule has 0 atom stereocenters. The van der Waals surface area contributed by atoms with Gasteiger partial charge >= 0.3 is 0 Å². The van der Waals surface area contributed by atoms with Gasteiger partial charge in [0, 0.05) is 17.8 Å². The van der Waals surface area contributed by atoms with Crippen molar-refractivity contribution in [1.29, 1.82) is 0 Å². The summed E-state index contributed by atoms with van der Waals surface area (Å²) in [6, 6.07) is 11.0. The number of rotatable bonds is 5. The van der Waals surface area contributed by atoms with Crippen molar-refractivity contribution in [2.24, 2.45) is 0 Å². The average molecular weight is 383 g/mol. The Bertz CT molecular complexity index is 1020. The minimum absolute atomic E-state index is 0.0739. The number of non-ortho nitro benzene ring substituents is 1. The van der Waals surface area contributed by atoms with Gasteiger partial charge in [0.15, 0.2) is 0 Å². The largest absolute Gasteiger partial charge is 0.295 e. The second kappa shape index (κ2) is 8.08. The van der Waals surface area contributed by atoms with Crippen LogP contribution in [0, 0.1) is 15.9 Å². The van der Waals surface area contributed by atoms with E-state index in [-0.39, 0.29) is 17.8 Å². The fraction of sp³-hybridized carbons (Fsp3) is 0.0556. The molecule has 142 valence electrons. The number of aromatic nitrogens is 2. The van der Waals surface area contributed by atoms with Crippen LogP contribution in [0.25, 0.3) is 5.69 Å². The maximum Gasteiger partial charge on any atom is 0.288 e. The Labute approximate surface area is 157 Å². The third kappa shape index (κ3) is 4.36. The molecule has 3 aromatic rings. The van der Waals surface area contributed by atoms with Gasteiger partial charge in [-0.15, -0.1) is 0 Å². The van der Waals surface area contributed by atoms with Gasteiger partial charge < -0.3 is 0 Å². The number of hydrogen-bond acceptors (Lipinski definition) is 5. The normalized spacial score (nSPS) is 10.3. The first-order chi connectivity index (χ1) is 13.4. The molecule has 0 unspecified atom stereocenters. The van der Waals surface area contributed by atoms with E-state index < -0.39 is 22.6 Å². The summed E-state index contributed by atoms with van der Waals surface area (Å²) in [4.78, 5) is 38.3. The molecule has 2 N–H and O–H groups in total. The summed E-state index contributed by atoms with van der Waals surface area (Å²) in [5.41, 5.74) is 5.69. The molecule has 0 spiro atoms. The number of carbonyl (C=O) groups is 2. The van der Waals surface area contributed by atoms with Crippen LogP contribution >= 0.6 is 0 Å². The molecule has 0 bridgehead atoms. The molecule has 0 saturated carbocycles. The zero-order valence-corrected chi connectivity index (χ0v) is 14.3. The van der Waals surface area contributed by atoms with Gasteiger partial charge in [0.2, 0.25) is 5.91 Å². The maximum atomic E-state index is 13.1. The van der Waals surface area contributed by atoms with Crippen LogP contribution in [0.3, 0.4) is 0 Å². The highest BCUT2D eigenvalue weighted by atomic mass is 19.1. The number of hydrazine groups is 1. The van der Waals surface area contributed by atoms with E-state index in [0.29, 0.717) is 11.3 Å². The van der Waals surface area contributed by atoms with Crippen LogP contribution in [0.5, 0.6) is 0 Å². The zero-order valence-electron chi connectivity index (χ0n) is 14.3. The molecular formula is C18H14FN5O4. The van der Waals surface area contributed by atoms with Crippen molar-refractivity contribution in [3.63, 3.8) is 0 Å². The van der Waals surface area contributed by atoms with Crippen LogP contribution in [0.4, 0.5) is 10.1 Å². The summed E-state index contributed by atoms with van der Waals surface area (Å²) in [5.74, 6) is -1.53. The fourth-order valence-electron chi connectivity index (χ4n) is 2.43. The summed E-state index contributed by atoms with van der Waals surface area (Å²) in [6.07, 6.45) is 2.62. The lowest BCUT2D eigenvalue weighted by Crippen LogP contribution is -2.43. The molecule has 3 rings (SSSR count). The van der Waals surface area contributed by atoms with Gasteiger partial charge in [0.1, 0.15) is 11.5 Å².